The minimum atomic E-state index is -0.0732. The van der Waals surface area contributed by atoms with Gasteiger partial charge < -0.3 is 18.9 Å². The number of pyridine rings is 1. The molecule has 9 nitrogen and oxygen atoms in total. The molecule has 0 radical (unpaired) electrons. The molecule has 1 saturated heterocycles. The first-order valence-electron chi connectivity index (χ1n) is 15.2. The van der Waals surface area contributed by atoms with Crippen molar-refractivity contribution in [3.8, 4) is 22.8 Å². The fraction of sp³-hybridized carbons (Fsp3) is 0.343. The molecule has 0 bridgehead atoms. The molecule has 1 aliphatic heterocycles. The largest absolute Gasteiger partial charge is 0.457 e. The van der Waals surface area contributed by atoms with Gasteiger partial charge in [0.25, 0.3) is 5.56 Å². The van der Waals surface area contributed by atoms with Crippen LogP contribution in [0.15, 0.2) is 83.9 Å². The summed E-state index contributed by atoms with van der Waals surface area (Å²) in [5.41, 5.74) is 4.36. The second-order valence-corrected chi connectivity index (χ2v) is 11.6. The van der Waals surface area contributed by atoms with E-state index in [9.17, 15) is 4.79 Å². The number of piperidine rings is 1. The summed E-state index contributed by atoms with van der Waals surface area (Å²) in [5.74, 6) is 2.85. The molecule has 2 aromatic carbocycles. The van der Waals surface area contributed by atoms with Crippen LogP contribution in [0.2, 0.25) is 0 Å². The zero-order chi connectivity index (χ0) is 30.5. The van der Waals surface area contributed by atoms with Crippen LogP contribution in [0.3, 0.4) is 0 Å². The lowest BCUT2D eigenvalue weighted by molar-refractivity contribution is 0.129. The third-order valence-corrected chi connectivity index (χ3v) is 8.24. The van der Waals surface area contributed by atoms with Gasteiger partial charge in [-0.1, -0.05) is 19.9 Å². The first-order valence-corrected chi connectivity index (χ1v) is 15.2. The summed E-state index contributed by atoms with van der Waals surface area (Å²) >= 11 is 0. The van der Waals surface area contributed by atoms with Gasteiger partial charge in [-0.05, 0) is 80.4 Å². The number of ether oxygens (including phenoxy) is 2. The van der Waals surface area contributed by atoms with Crippen molar-refractivity contribution < 1.29 is 9.47 Å². The minimum Gasteiger partial charge on any atom is -0.457 e. The molecule has 0 N–H and O–H groups in total. The summed E-state index contributed by atoms with van der Waals surface area (Å²) in [5, 5.41) is 9.68. The van der Waals surface area contributed by atoms with Crippen molar-refractivity contribution in [3.05, 3.63) is 107 Å². The Morgan fingerprint density at radius 3 is 2.50 bits per heavy atom. The Labute approximate surface area is 257 Å². The highest BCUT2D eigenvalue weighted by Gasteiger charge is 2.23. The van der Waals surface area contributed by atoms with E-state index < -0.39 is 0 Å². The number of hydrogen-bond acceptors (Lipinski definition) is 8. The van der Waals surface area contributed by atoms with E-state index in [2.05, 4.69) is 28.9 Å². The fourth-order valence-corrected chi connectivity index (χ4v) is 5.57. The molecule has 0 spiro atoms. The molecule has 5 aromatic rings. The van der Waals surface area contributed by atoms with Crippen molar-refractivity contribution in [1.82, 2.24) is 29.6 Å². The highest BCUT2D eigenvalue weighted by Crippen LogP contribution is 2.33. The maximum absolute atomic E-state index is 12.6. The molecule has 9 heteroatoms. The summed E-state index contributed by atoms with van der Waals surface area (Å²) < 4.78 is 13.4. The van der Waals surface area contributed by atoms with E-state index in [1.165, 1.54) is 0 Å². The summed E-state index contributed by atoms with van der Waals surface area (Å²) in [6.07, 6.45) is 5.72. The van der Waals surface area contributed by atoms with Crippen LogP contribution in [0.5, 0.6) is 11.5 Å². The molecule has 0 unspecified atom stereocenters. The molecule has 4 heterocycles. The maximum atomic E-state index is 12.6. The Kier molecular flexibility index (Phi) is 9.04. The monoisotopic (exact) mass is 590 g/mol. The van der Waals surface area contributed by atoms with Gasteiger partial charge >= 0.3 is 0 Å². The van der Waals surface area contributed by atoms with Crippen LogP contribution in [-0.2, 0) is 11.3 Å². The molecule has 226 valence electrons. The zero-order valence-corrected chi connectivity index (χ0v) is 25.5. The topological polar surface area (TPSA) is 95.3 Å². The molecule has 1 aliphatic rings. The van der Waals surface area contributed by atoms with Crippen LogP contribution in [0.4, 0.5) is 0 Å². The van der Waals surface area contributed by atoms with Gasteiger partial charge in [0, 0.05) is 60.6 Å². The lowest BCUT2D eigenvalue weighted by Crippen LogP contribution is -2.35. The Balaban J connectivity index is 1.28. The van der Waals surface area contributed by atoms with Gasteiger partial charge in [-0.3, -0.25) is 4.79 Å². The predicted molar refractivity (Wildman–Crippen MR) is 171 cm³/mol. The van der Waals surface area contributed by atoms with Gasteiger partial charge in [-0.2, -0.15) is 10.2 Å². The summed E-state index contributed by atoms with van der Waals surface area (Å²) in [7, 11) is 1.74. The van der Waals surface area contributed by atoms with Crippen LogP contribution < -0.4 is 10.3 Å². The normalized spacial score (nSPS) is 14.4. The Bertz CT molecular complexity index is 1760. The first kappa shape index (κ1) is 29.6. The highest BCUT2D eigenvalue weighted by atomic mass is 16.5. The van der Waals surface area contributed by atoms with E-state index in [-0.39, 0.29) is 5.56 Å². The predicted octanol–water partition coefficient (Wildman–Crippen LogP) is 6.04. The number of fused-ring (bicyclic) bond motifs is 1. The smallest absolute Gasteiger partial charge is 0.250 e. The van der Waals surface area contributed by atoms with Crippen molar-refractivity contribution in [1.29, 1.82) is 0 Å². The number of rotatable bonds is 10. The molecule has 6 rings (SSSR count). The molecule has 44 heavy (non-hydrogen) atoms. The van der Waals surface area contributed by atoms with Crippen LogP contribution in [0, 0.1) is 0 Å². The van der Waals surface area contributed by atoms with Crippen molar-refractivity contribution in [2.24, 2.45) is 0 Å². The third kappa shape index (κ3) is 6.85. The van der Waals surface area contributed by atoms with Crippen molar-refractivity contribution >= 4 is 10.9 Å². The Morgan fingerprint density at radius 2 is 1.80 bits per heavy atom. The average molecular weight is 591 g/mol. The summed E-state index contributed by atoms with van der Waals surface area (Å²) in [6.45, 7) is 8.30. The number of benzene rings is 2. The van der Waals surface area contributed by atoms with Gasteiger partial charge in [-0.15, -0.1) is 0 Å². The molecule has 3 aromatic heterocycles. The molecule has 0 atom stereocenters. The SMILES string of the molecule is COCCN1CCC(c2ncc3cc(Cn4ccccc4=O)c(Oc4ccc(-c5ccc(C(C)C)nn5)cc4)cc3n2)CC1. The van der Waals surface area contributed by atoms with Crippen molar-refractivity contribution in [2.45, 2.75) is 45.1 Å². The Hall–Kier alpha value is -4.47. The van der Waals surface area contributed by atoms with Crippen molar-refractivity contribution in [3.63, 3.8) is 0 Å². The summed E-state index contributed by atoms with van der Waals surface area (Å²) in [4.78, 5) is 24.8. The minimum absolute atomic E-state index is 0.0732. The van der Waals surface area contributed by atoms with E-state index in [4.69, 9.17) is 19.4 Å². The standard InChI is InChI=1S/C35H38N6O3/c1-24(2)30-11-12-31(39-38-30)25-7-9-29(10-8-25)44-33-21-32-27(20-28(33)23-41-15-5-4-6-34(41)42)22-36-35(37-32)26-13-16-40(17-14-26)18-19-43-3/h4-12,15,20-22,24,26H,13-14,16-19,23H2,1-3H3. The second-order valence-electron chi connectivity index (χ2n) is 11.6. The third-order valence-electron chi connectivity index (χ3n) is 8.24. The Morgan fingerprint density at radius 1 is 0.977 bits per heavy atom. The summed E-state index contributed by atoms with van der Waals surface area (Å²) in [6, 6.07) is 21.0. The number of hydrogen-bond donors (Lipinski definition) is 0. The van der Waals surface area contributed by atoms with E-state index in [0.29, 0.717) is 29.9 Å². The average Bonchev–Trinajstić information content (AvgIpc) is 3.05. The lowest BCUT2D eigenvalue weighted by atomic mass is 9.95. The van der Waals surface area contributed by atoms with Gasteiger partial charge in [0.15, 0.2) is 0 Å². The highest BCUT2D eigenvalue weighted by molar-refractivity contribution is 5.81. The number of methoxy groups -OCH3 is 1. The maximum Gasteiger partial charge on any atom is 0.250 e. The van der Waals surface area contributed by atoms with Crippen LogP contribution in [-0.4, -0.2) is 63.0 Å². The molecule has 1 fully saturated rings. The second kappa shape index (κ2) is 13.4. The van der Waals surface area contributed by atoms with Crippen molar-refractivity contribution in [2.75, 3.05) is 33.4 Å². The van der Waals surface area contributed by atoms with E-state index in [0.717, 1.165) is 78.3 Å². The first-order chi connectivity index (χ1) is 21.5. The van der Waals surface area contributed by atoms with Gasteiger partial charge in [0.2, 0.25) is 0 Å². The molecule has 0 amide bonds. The van der Waals surface area contributed by atoms with E-state index in [1.807, 2.05) is 60.8 Å². The number of likely N-dealkylation sites (tertiary alicyclic amines) is 1. The fourth-order valence-electron chi connectivity index (χ4n) is 5.57. The quantitative estimate of drug-likeness (QED) is 0.194. The molecule has 0 aliphatic carbocycles. The number of nitrogens with zero attached hydrogens (tertiary/aromatic N) is 6. The van der Waals surface area contributed by atoms with Gasteiger partial charge in [-0.25, -0.2) is 9.97 Å². The van der Waals surface area contributed by atoms with Gasteiger partial charge in [0.05, 0.1) is 30.1 Å². The molecular formula is C35H38N6O3. The van der Waals surface area contributed by atoms with E-state index in [1.54, 1.807) is 30.0 Å². The lowest BCUT2D eigenvalue weighted by Gasteiger charge is -2.31. The number of aromatic nitrogens is 5. The van der Waals surface area contributed by atoms with Crippen LogP contribution >= 0.6 is 0 Å². The van der Waals surface area contributed by atoms with Crippen LogP contribution in [0.1, 0.15) is 55.6 Å². The zero-order valence-electron chi connectivity index (χ0n) is 25.5. The van der Waals surface area contributed by atoms with Gasteiger partial charge in [0.1, 0.15) is 17.3 Å². The van der Waals surface area contributed by atoms with Crippen LogP contribution in [0.25, 0.3) is 22.2 Å². The molecule has 0 saturated carbocycles. The van der Waals surface area contributed by atoms with E-state index >= 15 is 0 Å². The molecular weight excluding hydrogens is 552 g/mol.